The van der Waals surface area contributed by atoms with Crippen molar-refractivity contribution in [2.75, 3.05) is 18.0 Å². The fourth-order valence-electron chi connectivity index (χ4n) is 4.31. The third-order valence-electron chi connectivity index (χ3n) is 5.97. The smallest absolute Gasteiger partial charge is 0.178 e. The van der Waals surface area contributed by atoms with Crippen molar-refractivity contribution >= 4 is 16.9 Å². The van der Waals surface area contributed by atoms with E-state index in [1.807, 2.05) is 13.0 Å². The van der Waals surface area contributed by atoms with Crippen molar-refractivity contribution in [3.63, 3.8) is 0 Å². The third-order valence-corrected chi connectivity index (χ3v) is 5.97. The van der Waals surface area contributed by atoms with Gasteiger partial charge in [-0.05, 0) is 48.6 Å². The van der Waals surface area contributed by atoms with Crippen LogP contribution in [0.1, 0.15) is 24.5 Å². The second-order valence-electron chi connectivity index (χ2n) is 8.27. The molecule has 0 unspecified atom stereocenters. The number of nitrogens with zero attached hydrogens (tertiary/aromatic N) is 5. The molecule has 4 aromatic rings. The van der Waals surface area contributed by atoms with Gasteiger partial charge in [0.25, 0.3) is 0 Å². The van der Waals surface area contributed by atoms with Crippen molar-refractivity contribution in [1.29, 1.82) is 5.26 Å². The van der Waals surface area contributed by atoms with Crippen molar-refractivity contribution in [3.8, 4) is 28.6 Å². The highest BCUT2D eigenvalue weighted by molar-refractivity contribution is 5.91. The van der Waals surface area contributed by atoms with Gasteiger partial charge >= 0.3 is 0 Å². The predicted octanol–water partition coefficient (Wildman–Crippen LogP) is 4.99. The summed E-state index contributed by atoms with van der Waals surface area (Å²) >= 11 is 0. The van der Waals surface area contributed by atoms with Crippen LogP contribution in [0, 0.1) is 35.8 Å². The number of fused-ring (bicyclic) bond motifs is 1. The maximum atomic E-state index is 14.3. The molecule has 5 rings (SSSR count). The zero-order valence-corrected chi connectivity index (χ0v) is 17.7. The molecule has 6 nitrogen and oxygen atoms in total. The van der Waals surface area contributed by atoms with Gasteiger partial charge in [-0.2, -0.15) is 5.26 Å². The second-order valence-corrected chi connectivity index (χ2v) is 8.27. The summed E-state index contributed by atoms with van der Waals surface area (Å²) in [7, 11) is 0. The Morgan fingerprint density at radius 1 is 1.22 bits per heavy atom. The van der Waals surface area contributed by atoms with Crippen LogP contribution in [-0.4, -0.2) is 33.0 Å². The number of H-pyrrole nitrogens is 1. The number of nitrogens with one attached hydrogen (secondary N) is 1. The number of halogens is 2. The Hall–Kier alpha value is -3.86. The summed E-state index contributed by atoms with van der Waals surface area (Å²) in [5, 5.41) is 9.26. The van der Waals surface area contributed by atoms with Gasteiger partial charge in [0.2, 0.25) is 0 Å². The van der Waals surface area contributed by atoms with E-state index in [9.17, 15) is 14.0 Å². The molecule has 3 aromatic heterocycles. The van der Waals surface area contributed by atoms with Crippen LogP contribution in [0.4, 0.5) is 14.5 Å². The van der Waals surface area contributed by atoms with Crippen molar-refractivity contribution in [3.05, 3.63) is 59.6 Å². The van der Waals surface area contributed by atoms with E-state index in [-0.39, 0.29) is 5.56 Å². The lowest BCUT2D eigenvalue weighted by Gasteiger charge is -2.24. The minimum absolute atomic E-state index is 0.338. The summed E-state index contributed by atoms with van der Waals surface area (Å²) in [5.41, 5.74) is 4.72. The van der Waals surface area contributed by atoms with Gasteiger partial charge in [0.1, 0.15) is 11.9 Å². The molecule has 0 amide bonds. The van der Waals surface area contributed by atoms with Crippen LogP contribution in [0.25, 0.3) is 33.7 Å². The number of anilines is 1. The highest BCUT2D eigenvalue weighted by Gasteiger charge is 2.27. The highest BCUT2D eigenvalue weighted by Crippen LogP contribution is 2.41. The Bertz CT molecular complexity index is 1390. The van der Waals surface area contributed by atoms with Gasteiger partial charge < -0.3 is 9.88 Å². The first-order valence-electron chi connectivity index (χ1n) is 10.4. The third kappa shape index (κ3) is 3.26. The largest absolute Gasteiger partial charge is 0.370 e. The topological polar surface area (TPSA) is 81.5 Å². The van der Waals surface area contributed by atoms with Gasteiger partial charge in [-0.25, -0.2) is 18.7 Å². The Kier molecular flexibility index (Phi) is 4.82. The second kappa shape index (κ2) is 7.68. The van der Waals surface area contributed by atoms with Crippen LogP contribution in [0.2, 0.25) is 0 Å². The van der Waals surface area contributed by atoms with Crippen LogP contribution in [0.5, 0.6) is 0 Å². The molecule has 1 aliphatic rings. The number of rotatable bonds is 3. The number of aromatic amines is 1. The zero-order valence-electron chi connectivity index (χ0n) is 17.7. The highest BCUT2D eigenvalue weighted by atomic mass is 19.2. The summed E-state index contributed by atoms with van der Waals surface area (Å²) in [5.74, 6) is -1.11. The van der Waals surface area contributed by atoms with Crippen LogP contribution < -0.4 is 4.90 Å². The summed E-state index contributed by atoms with van der Waals surface area (Å²) in [4.78, 5) is 19.0. The lowest BCUT2D eigenvalue weighted by atomic mass is 9.99. The first kappa shape index (κ1) is 20.1. The fourth-order valence-corrected chi connectivity index (χ4v) is 4.31. The van der Waals surface area contributed by atoms with Crippen LogP contribution in [0.15, 0.2) is 36.8 Å². The van der Waals surface area contributed by atoms with E-state index in [4.69, 9.17) is 0 Å². The minimum atomic E-state index is -1.14. The maximum absolute atomic E-state index is 14.3. The standard InChI is InChI=1S/C24H20F2N6/c1-13-4-6-32(12-13)22-17(15-7-16(9-27)20(26)19(25)8-15)10-28-11-18(22)23-30-21-14(2)3-5-29-24(21)31-23/h3,5,7-8,10-11,13H,4,6,12H2,1-2H3,(H,29,30,31)/t13-/m1/s1. The number of imidazole rings is 1. The van der Waals surface area contributed by atoms with Crippen molar-refractivity contribution < 1.29 is 8.78 Å². The monoisotopic (exact) mass is 430 g/mol. The molecule has 4 heterocycles. The van der Waals surface area contributed by atoms with Gasteiger partial charge in [-0.1, -0.05) is 6.92 Å². The number of benzene rings is 1. The number of hydrogen-bond donors (Lipinski definition) is 1. The summed E-state index contributed by atoms with van der Waals surface area (Å²) < 4.78 is 28.3. The summed E-state index contributed by atoms with van der Waals surface area (Å²) in [6, 6.07) is 6.13. The normalized spacial score (nSPS) is 16.0. The SMILES string of the molecule is Cc1ccnc2nc(-c3cncc(-c4cc(F)c(F)c(C#N)c4)c3N3CC[C@@H](C)C3)[nH]c12. The van der Waals surface area contributed by atoms with Crippen molar-refractivity contribution in [2.45, 2.75) is 20.3 Å². The quantitative estimate of drug-likeness (QED) is 0.495. The first-order valence-corrected chi connectivity index (χ1v) is 10.4. The molecule has 160 valence electrons. The van der Waals surface area contributed by atoms with Crippen molar-refractivity contribution in [2.24, 2.45) is 5.92 Å². The maximum Gasteiger partial charge on any atom is 0.178 e. The van der Waals surface area contributed by atoms with E-state index in [2.05, 4.69) is 31.8 Å². The van der Waals surface area contributed by atoms with Gasteiger partial charge in [-0.3, -0.25) is 4.98 Å². The Morgan fingerprint density at radius 3 is 2.75 bits per heavy atom. The molecule has 32 heavy (non-hydrogen) atoms. The first-order chi connectivity index (χ1) is 15.5. The number of hydrogen-bond acceptors (Lipinski definition) is 5. The predicted molar refractivity (Wildman–Crippen MR) is 118 cm³/mol. The van der Waals surface area contributed by atoms with E-state index < -0.39 is 11.6 Å². The minimum Gasteiger partial charge on any atom is -0.370 e. The lowest BCUT2D eigenvalue weighted by molar-refractivity contribution is 0.507. The van der Waals surface area contributed by atoms with Gasteiger partial charge in [0, 0.05) is 37.2 Å². The van der Waals surface area contributed by atoms with Crippen LogP contribution in [0.3, 0.4) is 0 Å². The molecule has 0 radical (unpaired) electrons. The summed E-state index contributed by atoms with van der Waals surface area (Å²) in [6.45, 7) is 5.79. The molecule has 1 fully saturated rings. The van der Waals surface area contributed by atoms with Crippen LogP contribution in [-0.2, 0) is 0 Å². The number of aryl methyl sites for hydroxylation is 1. The molecule has 1 saturated heterocycles. The van der Waals surface area contributed by atoms with Gasteiger partial charge in [0.05, 0.1) is 22.3 Å². The fraction of sp³-hybridized carbons (Fsp3) is 0.250. The van der Waals surface area contributed by atoms with E-state index >= 15 is 0 Å². The van der Waals surface area contributed by atoms with E-state index in [1.54, 1.807) is 24.7 Å². The molecule has 8 heteroatoms. The van der Waals surface area contributed by atoms with E-state index in [0.29, 0.717) is 28.5 Å². The molecule has 0 bridgehead atoms. The van der Waals surface area contributed by atoms with Crippen molar-refractivity contribution in [1.82, 2.24) is 19.9 Å². The lowest BCUT2D eigenvalue weighted by Crippen LogP contribution is -2.21. The number of aromatic nitrogens is 4. The van der Waals surface area contributed by atoms with Gasteiger partial charge in [0.15, 0.2) is 17.3 Å². The van der Waals surface area contributed by atoms with Gasteiger partial charge in [-0.15, -0.1) is 0 Å². The molecule has 1 atom stereocenters. The molecular weight excluding hydrogens is 410 g/mol. The molecule has 1 aromatic carbocycles. The Morgan fingerprint density at radius 2 is 2.03 bits per heavy atom. The summed E-state index contributed by atoms with van der Waals surface area (Å²) in [6.07, 6.45) is 6.08. The number of nitriles is 1. The molecule has 1 aliphatic heterocycles. The average Bonchev–Trinajstić information content (AvgIpc) is 3.42. The molecule has 0 aliphatic carbocycles. The molecule has 0 saturated carbocycles. The average molecular weight is 430 g/mol. The zero-order chi connectivity index (χ0) is 22.4. The molecular formula is C24H20F2N6. The number of pyridine rings is 2. The van der Waals surface area contributed by atoms with E-state index in [1.165, 1.54) is 6.07 Å². The van der Waals surface area contributed by atoms with Crippen LogP contribution >= 0.6 is 0 Å². The molecule has 0 spiro atoms. The van der Waals surface area contributed by atoms with E-state index in [0.717, 1.165) is 47.9 Å². The molecule has 1 N–H and O–H groups in total. The Balaban J connectivity index is 1.76. The Labute approximate surface area is 183 Å².